The molecule has 1 heterocycles. The number of aromatic nitrogens is 2. The molecule has 0 spiro atoms. The number of para-hydroxylation sites is 1. The van der Waals surface area contributed by atoms with Crippen molar-refractivity contribution in [3.8, 4) is 17.1 Å². The molecule has 4 aromatic rings. The SMILES string of the molecule is O=c1c2ccc(F)cc2nc(-c2ccccc2O)n1CCc1cccc(F)c1. The van der Waals surface area contributed by atoms with Crippen molar-refractivity contribution in [2.24, 2.45) is 0 Å². The summed E-state index contributed by atoms with van der Waals surface area (Å²) < 4.78 is 28.6. The molecule has 1 aromatic heterocycles. The molecule has 0 radical (unpaired) electrons. The van der Waals surface area contributed by atoms with E-state index >= 15 is 0 Å². The van der Waals surface area contributed by atoms with Gasteiger partial charge in [-0.15, -0.1) is 0 Å². The van der Waals surface area contributed by atoms with Crippen LogP contribution in [0.25, 0.3) is 22.3 Å². The molecule has 0 amide bonds. The molecule has 0 unspecified atom stereocenters. The van der Waals surface area contributed by atoms with Crippen LogP contribution in [0.15, 0.2) is 71.5 Å². The van der Waals surface area contributed by atoms with Crippen molar-refractivity contribution >= 4 is 10.9 Å². The van der Waals surface area contributed by atoms with Crippen molar-refractivity contribution in [3.63, 3.8) is 0 Å². The van der Waals surface area contributed by atoms with Crippen LogP contribution in [-0.4, -0.2) is 14.7 Å². The summed E-state index contributed by atoms with van der Waals surface area (Å²) in [7, 11) is 0. The molecule has 28 heavy (non-hydrogen) atoms. The maximum absolute atomic E-state index is 13.7. The molecule has 4 rings (SSSR count). The van der Waals surface area contributed by atoms with Crippen LogP contribution < -0.4 is 5.56 Å². The van der Waals surface area contributed by atoms with Crippen LogP contribution in [0.2, 0.25) is 0 Å². The number of hydrogen-bond acceptors (Lipinski definition) is 3. The first-order chi connectivity index (χ1) is 13.5. The maximum Gasteiger partial charge on any atom is 0.261 e. The van der Waals surface area contributed by atoms with Gasteiger partial charge in [-0.1, -0.05) is 24.3 Å². The summed E-state index contributed by atoms with van der Waals surface area (Å²) in [5, 5.41) is 10.5. The molecule has 6 heteroatoms. The topological polar surface area (TPSA) is 55.1 Å². The molecule has 0 saturated heterocycles. The molecule has 0 aliphatic carbocycles. The molecular formula is C22H16F2N2O2. The smallest absolute Gasteiger partial charge is 0.261 e. The minimum Gasteiger partial charge on any atom is -0.507 e. The van der Waals surface area contributed by atoms with E-state index in [4.69, 9.17) is 0 Å². The summed E-state index contributed by atoms with van der Waals surface area (Å²) in [5.74, 6) is -0.653. The third-order valence-corrected chi connectivity index (χ3v) is 4.58. The van der Waals surface area contributed by atoms with Crippen LogP contribution in [0.3, 0.4) is 0 Å². The number of aryl methyl sites for hydroxylation is 1. The Kier molecular flexibility index (Phi) is 4.61. The highest BCUT2D eigenvalue weighted by Gasteiger charge is 2.16. The van der Waals surface area contributed by atoms with Gasteiger partial charge in [-0.2, -0.15) is 0 Å². The van der Waals surface area contributed by atoms with Gasteiger partial charge in [0.2, 0.25) is 0 Å². The van der Waals surface area contributed by atoms with Gasteiger partial charge in [0.1, 0.15) is 23.2 Å². The zero-order valence-corrected chi connectivity index (χ0v) is 14.8. The predicted molar refractivity (Wildman–Crippen MR) is 103 cm³/mol. The van der Waals surface area contributed by atoms with Crippen LogP contribution in [0.4, 0.5) is 8.78 Å². The average Bonchev–Trinajstić information content (AvgIpc) is 2.67. The van der Waals surface area contributed by atoms with E-state index in [0.717, 1.165) is 5.56 Å². The molecule has 0 fully saturated rings. The Hall–Kier alpha value is -3.54. The number of nitrogens with zero attached hydrogens (tertiary/aromatic N) is 2. The van der Waals surface area contributed by atoms with Gasteiger partial charge in [0.15, 0.2) is 0 Å². The van der Waals surface area contributed by atoms with Gasteiger partial charge in [0.25, 0.3) is 5.56 Å². The molecule has 0 aliphatic rings. The van der Waals surface area contributed by atoms with E-state index in [0.29, 0.717) is 12.0 Å². The van der Waals surface area contributed by atoms with Gasteiger partial charge < -0.3 is 5.11 Å². The molecule has 0 bridgehead atoms. The predicted octanol–water partition coefficient (Wildman–Crippen LogP) is 4.29. The van der Waals surface area contributed by atoms with E-state index in [1.807, 2.05) is 0 Å². The number of phenolic OH excluding ortho intramolecular Hbond substituents is 1. The van der Waals surface area contributed by atoms with Gasteiger partial charge >= 0.3 is 0 Å². The second-order valence-corrected chi connectivity index (χ2v) is 6.45. The third kappa shape index (κ3) is 3.36. The molecule has 1 N–H and O–H groups in total. The largest absolute Gasteiger partial charge is 0.507 e. The lowest BCUT2D eigenvalue weighted by atomic mass is 10.1. The number of rotatable bonds is 4. The highest BCUT2D eigenvalue weighted by atomic mass is 19.1. The van der Waals surface area contributed by atoms with E-state index in [9.17, 15) is 18.7 Å². The maximum atomic E-state index is 13.7. The fraction of sp³-hybridized carbons (Fsp3) is 0.0909. The number of hydrogen-bond donors (Lipinski definition) is 1. The lowest BCUT2D eigenvalue weighted by Gasteiger charge is -2.15. The van der Waals surface area contributed by atoms with Gasteiger partial charge in [0, 0.05) is 12.6 Å². The Morgan fingerprint density at radius 3 is 2.50 bits per heavy atom. The van der Waals surface area contributed by atoms with Crippen molar-refractivity contribution in [1.82, 2.24) is 9.55 Å². The van der Waals surface area contributed by atoms with Gasteiger partial charge in [-0.25, -0.2) is 13.8 Å². The van der Waals surface area contributed by atoms with Crippen LogP contribution in [-0.2, 0) is 13.0 Å². The monoisotopic (exact) mass is 378 g/mol. The minimum absolute atomic E-state index is 0.0374. The summed E-state index contributed by atoms with van der Waals surface area (Å²) in [6.45, 7) is 0.228. The lowest BCUT2D eigenvalue weighted by Crippen LogP contribution is -2.24. The van der Waals surface area contributed by atoms with E-state index in [-0.39, 0.29) is 40.4 Å². The van der Waals surface area contributed by atoms with Crippen LogP contribution in [0, 0.1) is 11.6 Å². The van der Waals surface area contributed by atoms with E-state index in [1.165, 1.54) is 41.0 Å². The van der Waals surface area contributed by atoms with Crippen molar-refractivity contribution in [1.29, 1.82) is 0 Å². The summed E-state index contributed by atoms with van der Waals surface area (Å²) >= 11 is 0. The first-order valence-corrected chi connectivity index (χ1v) is 8.76. The molecule has 4 nitrogen and oxygen atoms in total. The Bertz CT molecular complexity index is 1230. The average molecular weight is 378 g/mol. The lowest BCUT2D eigenvalue weighted by molar-refractivity contribution is 0.476. The number of phenols is 1. The van der Waals surface area contributed by atoms with E-state index in [1.54, 1.807) is 30.3 Å². The Labute approximate surface area is 159 Å². The van der Waals surface area contributed by atoms with Crippen LogP contribution in [0.1, 0.15) is 5.56 Å². The quantitative estimate of drug-likeness (QED) is 0.576. The number of aromatic hydroxyl groups is 1. The molecular weight excluding hydrogens is 362 g/mol. The first-order valence-electron chi connectivity index (χ1n) is 8.76. The molecule has 0 saturated carbocycles. The van der Waals surface area contributed by atoms with Crippen molar-refractivity contribution in [3.05, 3.63) is 94.3 Å². The van der Waals surface area contributed by atoms with Crippen molar-refractivity contribution < 1.29 is 13.9 Å². The van der Waals surface area contributed by atoms with Crippen molar-refractivity contribution in [2.45, 2.75) is 13.0 Å². The fourth-order valence-electron chi connectivity index (χ4n) is 3.20. The first kappa shape index (κ1) is 17.9. The Morgan fingerprint density at radius 2 is 1.71 bits per heavy atom. The zero-order chi connectivity index (χ0) is 19.7. The van der Waals surface area contributed by atoms with E-state index < -0.39 is 5.82 Å². The van der Waals surface area contributed by atoms with E-state index in [2.05, 4.69) is 4.98 Å². The third-order valence-electron chi connectivity index (χ3n) is 4.58. The second-order valence-electron chi connectivity index (χ2n) is 6.45. The number of fused-ring (bicyclic) bond motifs is 1. The van der Waals surface area contributed by atoms with Gasteiger partial charge in [-0.3, -0.25) is 9.36 Å². The Balaban J connectivity index is 1.88. The second kappa shape index (κ2) is 7.23. The summed E-state index contributed by atoms with van der Waals surface area (Å²) in [5.41, 5.74) is 0.962. The zero-order valence-electron chi connectivity index (χ0n) is 14.8. The number of halogens is 2. The minimum atomic E-state index is -0.500. The Morgan fingerprint density at radius 1 is 0.929 bits per heavy atom. The standard InChI is InChI=1S/C22H16F2N2O2/c23-15-5-3-4-14(12-15)10-11-26-21(18-6-1-2-7-20(18)27)25-19-13-16(24)8-9-17(19)22(26)28/h1-9,12-13,27H,10-11H2. The highest BCUT2D eigenvalue weighted by Crippen LogP contribution is 2.28. The molecule has 3 aromatic carbocycles. The van der Waals surface area contributed by atoms with Crippen molar-refractivity contribution in [2.75, 3.05) is 0 Å². The number of benzene rings is 3. The molecule has 0 atom stereocenters. The molecule has 140 valence electrons. The molecule has 0 aliphatic heterocycles. The van der Waals surface area contributed by atoms with Crippen LogP contribution >= 0.6 is 0 Å². The summed E-state index contributed by atoms with van der Waals surface area (Å²) in [4.78, 5) is 17.5. The van der Waals surface area contributed by atoms with Gasteiger partial charge in [-0.05, 0) is 48.4 Å². The highest BCUT2D eigenvalue weighted by molar-refractivity contribution is 5.80. The normalized spacial score (nSPS) is 11.1. The van der Waals surface area contributed by atoms with Crippen LogP contribution in [0.5, 0.6) is 5.75 Å². The summed E-state index contributed by atoms with van der Waals surface area (Å²) in [6, 6.07) is 16.5. The summed E-state index contributed by atoms with van der Waals surface area (Å²) in [6.07, 6.45) is 0.395. The van der Waals surface area contributed by atoms with Gasteiger partial charge in [0.05, 0.1) is 16.5 Å². The fourth-order valence-corrected chi connectivity index (χ4v) is 3.20.